The number of rotatable bonds is 9. The number of hydrogen-bond donors (Lipinski definition) is 2. The smallest absolute Gasteiger partial charge is 0.303 e. The van der Waals surface area contributed by atoms with Gasteiger partial charge in [0.15, 0.2) is 0 Å². The molecule has 2 heterocycles. The fourth-order valence-corrected chi connectivity index (χ4v) is 8.09. The summed E-state index contributed by atoms with van der Waals surface area (Å²) in [6, 6.07) is 12.4. The molecule has 2 aromatic carbocycles. The first-order valence-corrected chi connectivity index (χ1v) is 16.8. The van der Waals surface area contributed by atoms with Crippen molar-refractivity contribution in [2.75, 3.05) is 19.8 Å². The number of amides is 1. The van der Waals surface area contributed by atoms with Gasteiger partial charge in [-0.25, -0.2) is 13.1 Å². The molecule has 2 fully saturated rings. The van der Waals surface area contributed by atoms with Gasteiger partial charge in [0.1, 0.15) is 0 Å². The number of aliphatic carboxylic acids is 1. The van der Waals surface area contributed by atoms with E-state index in [1.54, 1.807) is 18.2 Å². The summed E-state index contributed by atoms with van der Waals surface area (Å²) in [6.45, 7) is 5.95. The van der Waals surface area contributed by atoms with Gasteiger partial charge >= 0.3 is 5.97 Å². The van der Waals surface area contributed by atoms with Crippen molar-refractivity contribution in [2.24, 2.45) is 18.9 Å². The number of aryl methyl sites for hydroxylation is 2. The fourth-order valence-electron chi connectivity index (χ4n) is 6.37. The van der Waals surface area contributed by atoms with Crippen LogP contribution in [0.1, 0.15) is 51.5 Å². The minimum Gasteiger partial charge on any atom is -0.481 e. The van der Waals surface area contributed by atoms with E-state index >= 15 is 0 Å². The number of nitrogens with one attached hydrogen (secondary N) is 1. The lowest BCUT2D eigenvalue weighted by Gasteiger charge is -2.41. The van der Waals surface area contributed by atoms with Gasteiger partial charge in [0.2, 0.25) is 15.9 Å². The zero-order chi connectivity index (χ0) is 30.9. The third-order valence-electron chi connectivity index (χ3n) is 8.89. The van der Waals surface area contributed by atoms with Crippen molar-refractivity contribution in [3.05, 3.63) is 53.1 Å². The molecule has 3 aromatic rings. The second-order valence-electron chi connectivity index (χ2n) is 12.1. The highest BCUT2D eigenvalue weighted by Gasteiger charge is 2.36. The molecule has 0 radical (unpaired) electrons. The zero-order valence-corrected chi connectivity index (χ0v) is 26.5. The highest BCUT2D eigenvalue weighted by Crippen LogP contribution is 2.38. The number of carbonyl (C=O) groups excluding carboxylic acids is 1. The molecule has 43 heavy (non-hydrogen) atoms. The lowest BCUT2D eigenvalue weighted by Crippen LogP contribution is -2.53. The maximum Gasteiger partial charge on any atom is 0.303 e. The number of hydrogen-bond acceptors (Lipinski definition) is 5. The Balaban J connectivity index is 1.27. The summed E-state index contributed by atoms with van der Waals surface area (Å²) in [7, 11) is -1.95. The van der Waals surface area contributed by atoms with Gasteiger partial charge in [0.05, 0.1) is 40.4 Å². The quantitative estimate of drug-likeness (QED) is 0.334. The normalized spacial score (nSPS) is 21.4. The van der Waals surface area contributed by atoms with Crippen LogP contribution in [0.5, 0.6) is 0 Å². The predicted octanol–water partition coefficient (Wildman–Crippen LogP) is 5.24. The highest BCUT2D eigenvalue weighted by atomic mass is 35.5. The number of ether oxygens (including phenoxy) is 1. The van der Waals surface area contributed by atoms with Crippen LogP contribution in [0, 0.1) is 11.8 Å². The lowest BCUT2D eigenvalue weighted by atomic mass is 9.85. The summed E-state index contributed by atoms with van der Waals surface area (Å²) >= 11 is 6.78. The first-order chi connectivity index (χ1) is 20.5. The van der Waals surface area contributed by atoms with Crippen LogP contribution in [0.15, 0.2) is 47.4 Å². The maximum absolute atomic E-state index is 13.5. The third kappa shape index (κ3) is 6.77. The SMILES string of the molecule is CC(C)C1COCCN1C(=O)[C@H]1CC[C@H](NS(=O)(=O)c2ccc3c(Cl)c(-c4ccc(CCC(=O)O)cc4)n(C)c3c2)CC1. The number of morpholine rings is 1. The van der Waals surface area contributed by atoms with Gasteiger partial charge in [-0.3, -0.25) is 9.59 Å². The van der Waals surface area contributed by atoms with Gasteiger partial charge in [0, 0.05) is 37.4 Å². The van der Waals surface area contributed by atoms with E-state index in [1.165, 1.54) is 0 Å². The van der Waals surface area contributed by atoms with Crippen molar-refractivity contribution in [2.45, 2.75) is 69.4 Å². The van der Waals surface area contributed by atoms with Gasteiger partial charge in [0.25, 0.3) is 0 Å². The minimum absolute atomic E-state index is 0.0617. The Bertz CT molecular complexity index is 1590. The molecule has 9 nitrogen and oxygen atoms in total. The number of nitrogens with zero attached hydrogens (tertiary/aromatic N) is 2. The van der Waals surface area contributed by atoms with E-state index in [4.69, 9.17) is 21.4 Å². The second-order valence-corrected chi connectivity index (χ2v) is 14.2. The predicted molar refractivity (Wildman–Crippen MR) is 167 cm³/mol. The number of aromatic nitrogens is 1. The fraction of sp³-hybridized carbons (Fsp3) is 0.500. The molecule has 5 rings (SSSR count). The van der Waals surface area contributed by atoms with Gasteiger partial charge in [-0.2, -0.15) is 0 Å². The molecular weight excluding hydrogens is 590 g/mol. The molecule has 11 heteroatoms. The van der Waals surface area contributed by atoms with Crippen LogP contribution >= 0.6 is 11.6 Å². The molecule has 0 spiro atoms. The number of carboxylic acid groups (broad SMARTS) is 1. The molecule has 2 aliphatic rings. The maximum atomic E-state index is 13.5. The van der Waals surface area contributed by atoms with Crippen molar-refractivity contribution in [3.63, 3.8) is 0 Å². The largest absolute Gasteiger partial charge is 0.481 e. The zero-order valence-electron chi connectivity index (χ0n) is 24.9. The van der Waals surface area contributed by atoms with Gasteiger partial charge in [-0.1, -0.05) is 49.7 Å². The van der Waals surface area contributed by atoms with E-state index in [2.05, 4.69) is 18.6 Å². The molecule has 1 aliphatic heterocycles. The van der Waals surface area contributed by atoms with Crippen molar-refractivity contribution < 1.29 is 27.9 Å². The van der Waals surface area contributed by atoms with Crippen LogP contribution in [-0.2, 0) is 37.8 Å². The van der Waals surface area contributed by atoms with E-state index in [-0.39, 0.29) is 35.2 Å². The Morgan fingerprint density at radius 3 is 2.44 bits per heavy atom. The first kappa shape index (κ1) is 31.5. The Hall–Kier alpha value is -2.92. The van der Waals surface area contributed by atoms with Crippen molar-refractivity contribution >= 4 is 44.4 Å². The van der Waals surface area contributed by atoms with Crippen LogP contribution in [0.3, 0.4) is 0 Å². The summed E-state index contributed by atoms with van der Waals surface area (Å²) < 4.78 is 37.3. The summed E-state index contributed by atoms with van der Waals surface area (Å²) in [5.74, 6) is -0.449. The molecule has 232 valence electrons. The second kappa shape index (κ2) is 13.0. The summed E-state index contributed by atoms with van der Waals surface area (Å²) in [5.41, 5.74) is 3.22. The Kier molecular flexibility index (Phi) is 9.51. The van der Waals surface area contributed by atoms with Crippen LogP contribution in [0.2, 0.25) is 5.02 Å². The Labute approximate surface area is 258 Å². The van der Waals surface area contributed by atoms with Gasteiger partial charge in [-0.15, -0.1) is 0 Å². The summed E-state index contributed by atoms with van der Waals surface area (Å²) in [6.07, 6.45) is 3.02. The lowest BCUT2D eigenvalue weighted by molar-refractivity contribution is -0.147. The van der Waals surface area contributed by atoms with Crippen LogP contribution in [0.25, 0.3) is 22.2 Å². The summed E-state index contributed by atoms with van der Waals surface area (Å²) in [5, 5.41) is 10.2. The van der Waals surface area contributed by atoms with Crippen LogP contribution in [0.4, 0.5) is 0 Å². The van der Waals surface area contributed by atoms with E-state index in [0.29, 0.717) is 68.3 Å². The average molecular weight is 630 g/mol. The number of sulfonamides is 1. The number of benzene rings is 2. The average Bonchev–Trinajstić information content (AvgIpc) is 3.25. The molecule has 0 bridgehead atoms. The Morgan fingerprint density at radius 2 is 1.79 bits per heavy atom. The number of carboxylic acids is 1. The topological polar surface area (TPSA) is 118 Å². The Morgan fingerprint density at radius 1 is 1.09 bits per heavy atom. The van der Waals surface area contributed by atoms with Crippen molar-refractivity contribution in [1.29, 1.82) is 0 Å². The van der Waals surface area contributed by atoms with E-state index < -0.39 is 16.0 Å². The van der Waals surface area contributed by atoms with Crippen LogP contribution in [-0.4, -0.2) is 66.7 Å². The van der Waals surface area contributed by atoms with E-state index in [1.807, 2.05) is 40.8 Å². The molecular formula is C32H40ClN3O6S. The monoisotopic (exact) mass is 629 g/mol. The molecule has 1 atom stereocenters. The number of halogens is 1. The molecule has 1 saturated carbocycles. The molecule has 1 amide bonds. The molecule has 1 aromatic heterocycles. The van der Waals surface area contributed by atoms with E-state index in [0.717, 1.165) is 22.2 Å². The van der Waals surface area contributed by atoms with Crippen LogP contribution < -0.4 is 4.72 Å². The molecule has 1 saturated heterocycles. The minimum atomic E-state index is -3.80. The third-order valence-corrected chi connectivity index (χ3v) is 10.8. The summed E-state index contributed by atoms with van der Waals surface area (Å²) in [4.78, 5) is 26.4. The number of fused-ring (bicyclic) bond motifs is 1. The molecule has 1 unspecified atom stereocenters. The number of carbonyl (C=O) groups is 2. The van der Waals surface area contributed by atoms with Gasteiger partial charge in [-0.05, 0) is 67.3 Å². The highest BCUT2D eigenvalue weighted by molar-refractivity contribution is 7.89. The molecule has 2 N–H and O–H groups in total. The molecule has 1 aliphatic carbocycles. The van der Waals surface area contributed by atoms with Crippen molar-refractivity contribution in [3.8, 4) is 11.3 Å². The first-order valence-electron chi connectivity index (χ1n) is 15.0. The van der Waals surface area contributed by atoms with Crippen molar-refractivity contribution in [1.82, 2.24) is 14.2 Å². The van der Waals surface area contributed by atoms with E-state index in [9.17, 15) is 18.0 Å². The standard InChI is InChI=1S/C32H40ClN3O6S/c1-20(2)28-19-42-17-16-36(28)32(39)23-9-11-24(12-10-23)34-43(40,41)25-13-14-26-27(18-25)35(3)31(30(26)33)22-7-4-21(5-8-22)6-15-29(37)38/h4-5,7-8,13-14,18,20,23-24,28,34H,6,9-12,15-17,19H2,1-3H3,(H,37,38)/t23-,24-,28?. The van der Waals surface area contributed by atoms with Gasteiger partial charge < -0.3 is 19.3 Å².